The molecule has 6 heteroatoms. The molecule has 0 aromatic heterocycles. The van der Waals surface area contributed by atoms with Gasteiger partial charge in [-0.05, 0) is 51.0 Å². The number of methoxy groups -OCH3 is 1. The molecule has 0 atom stereocenters. The van der Waals surface area contributed by atoms with Crippen molar-refractivity contribution in [3.05, 3.63) is 24.3 Å². The number of benzene rings is 1. The van der Waals surface area contributed by atoms with Gasteiger partial charge in [-0.2, -0.15) is 4.31 Å². The second kappa shape index (κ2) is 6.77. The lowest BCUT2D eigenvalue weighted by atomic mass is 10.1. The molecule has 0 aliphatic carbocycles. The third-order valence-corrected chi connectivity index (χ3v) is 5.48. The highest BCUT2D eigenvalue weighted by atomic mass is 32.2. The second-order valence-electron chi connectivity index (χ2n) is 5.46. The Kier molecular flexibility index (Phi) is 5.24. The molecule has 1 aromatic carbocycles. The highest BCUT2D eigenvalue weighted by Gasteiger charge is 2.29. The normalized spacial score (nSPS) is 18.1. The Morgan fingerprint density at radius 3 is 2.19 bits per heavy atom. The van der Waals surface area contributed by atoms with Gasteiger partial charge >= 0.3 is 0 Å². The van der Waals surface area contributed by atoms with Crippen molar-refractivity contribution in [1.82, 2.24) is 4.31 Å². The van der Waals surface area contributed by atoms with E-state index >= 15 is 0 Å². The van der Waals surface area contributed by atoms with Crippen molar-refractivity contribution in [2.24, 2.45) is 0 Å². The number of rotatable bonds is 5. The number of hydrogen-bond acceptors (Lipinski definition) is 4. The summed E-state index contributed by atoms with van der Waals surface area (Å²) in [4.78, 5) is 0.312. The van der Waals surface area contributed by atoms with E-state index < -0.39 is 10.0 Å². The summed E-state index contributed by atoms with van der Waals surface area (Å²) in [7, 11) is -1.86. The standard InChI is InChI=1S/C15H23NO4S/c1-12(2)20-14-8-10-16(11-9-14)21(17,18)15-6-4-13(19-3)5-7-15/h4-7,12,14H,8-11H2,1-3H3. The minimum absolute atomic E-state index is 0.160. The van der Waals surface area contributed by atoms with Crippen molar-refractivity contribution < 1.29 is 17.9 Å². The van der Waals surface area contributed by atoms with Gasteiger partial charge in [-0.25, -0.2) is 8.42 Å². The number of hydrogen-bond donors (Lipinski definition) is 0. The Bertz CT molecular complexity index is 546. The maximum absolute atomic E-state index is 12.6. The number of ether oxygens (including phenoxy) is 2. The molecule has 5 nitrogen and oxygen atoms in total. The van der Waals surface area contributed by atoms with Crippen LogP contribution in [0, 0.1) is 0 Å². The van der Waals surface area contributed by atoms with Crippen LogP contribution in [0.15, 0.2) is 29.2 Å². The van der Waals surface area contributed by atoms with Gasteiger partial charge in [0.1, 0.15) is 5.75 Å². The molecule has 0 spiro atoms. The first-order valence-corrected chi connectivity index (χ1v) is 8.67. The van der Waals surface area contributed by atoms with Crippen LogP contribution in [0.1, 0.15) is 26.7 Å². The van der Waals surface area contributed by atoms with Gasteiger partial charge in [-0.1, -0.05) is 0 Å². The van der Waals surface area contributed by atoms with Crippen molar-refractivity contribution in [3.63, 3.8) is 0 Å². The Morgan fingerprint density at radius 2 is 1.71 bits per heavy atom. The minimum atomic E-state index is -3.42. The van der Waals surface area contributed by atoms with Crippen molar-refractivity contribution >= 4 is 10.0 Å². The molecule has 1 aliphatic rings. The lowest BCUT2D eigenvalue weighted by Crippen LogP contribution is -2.41. The van der Waals surface area contributed by atoms with E-state index in [1.54, 1.807) is 31.4 Å². The topological polar surface area (TPSA) is 55.8 Å². The van der Waals surface area contributed by atoms with Gasteiger partial charge in [0, 0.05) is 13.1 Å². The molecule has 1 aromatic rings. The van der Waals surface area contributed by atoms with Crippen LogP contribution < -0.4 is 4.74 Å². The average molecular weight is 313 g/mol. The summed E-state index contributed by atoms with van der Waals surface area (Å²) in [6, 6.07) is 6.51. The molecule has 0 saturated carbocycles. The first-order valence-electron chi connectivity index (χ1n) is 7.23. The van der Waals surface area contributed by atoms with E-state index in [-0.39, 0.29) is 12.2 Å². The van der Waals surface area contributed by atoms with Gasteiger partial charge in [0.2, 0.25) is 10.0 Å². The summed E-state index contributed by atoms with van der Waals surface area (Å²) < 4.78 is 37.5. The fourth-order valence-corrected chi connectivity index (χ4v) is 3.96. The summed E-state index contributed by atoms with van der Waals surface area (Å²) in [5, 5.41) is 0. The molecule has 0 unspecified atom stereocenters. The Hall–Kier alpha value is -1.11. The van der Waals surface area contributed by atoms with Crippen LogP contribution in [0.2, 0.25) is 0 Å². The molecule has 118 valence electrons. The minimum Gasteiger partial charge on any atom is -0.497 e. The summed E-state index contributed by atoms with van der Waals surface area (Å²) in [5.74, 6) is 0.651. The van der Waals surface area contributed by atoms with E-state index in [4.69, 9.17) is 9.47 Å². The van der Waals surface area contributed by atoms with Crippen molar-refractivity contribution in [1.29, 1.82) is 0 Å². The highest BCUT2D eigenvalue weighted by molar-refractivity contribution is 7.89. The largest absolute Gasteiger partial charge is 0.497 e. The zero-order valence-electron chi connectivity index (χ0n) is 12.8. The van der Waals surface area contributed by atoms with Gasteiger partial charge in [0.25, 0.3) is 0 Å². The van der Waals surface area contributed by atoms with E-state index in [1.807, 2.05) is 13.8 Å². The van der Waals surface area contributed by atoms with E-state index in [2.05, 4.69) is 0 Å². The molecule has 1 saturated heterocycles. The zero-order chi connectivity index (χ0) is 15.5. The Morgan fingerprint density at radius 1 is 1.14 bits per heavy atom. The van der Waals surface area contributed by atoms with Crippen LogP contribution >= 0.6 is 0 Å². The Balaban J connectivity index is 2.03. The molecule has 0 N–H and O–H groups in total. The average Bonchev–Trinajstić information content (AvgIpc) is 2.47. The van der Waals surface area contributed by atoms with Gasteiger partial charge < -0.3 is 9.47 Å². The summed E-state index contributed by atoms with van der Waals surface area (Å²) in [5.41, 5.74) is 0. The SMILES string of the molecule is COc1ccc(S(=O)(=O)N2CCC(OC(C)C)CC2)cc1. The van der Waals surface area contributed by atoms with Gasteiger partial charge in [0.15, 0.2) is 0 Å². The van der Waals surface area contributed by atoms with Crippen LogP contribution in [-0.2, 0) is 14.8 Å². The first kappa shape index (κ1) is 16.3. The quantitative estimate of drug-likeness (QED) is 0.837. The van der Waals surface area contributed by atoms with E-state index in [1.165, 1.54) is 4.31 Å². The smallest absolute Gasteiger partial charge is 0.243 e. The zero-order valence-corrected chi connectivity index (χ0v) is 13.6. The number of nitrogens with zero attached hydrogens (tertiary/aromatic N) is 1. The van der Waals surface area contributed by atoms with E-state index in [9.17, 15) is 8.42 Å². The predicted molar refractivity (Wildman–Crippen MR) is 81.0 cm³/mol. The molecular formula is C15H23NO4S. The number of sulfonamides is 1. The molecule has 1 aliphatic heterocycles. The van der Waals surface area contributed by atoms with Crippen LogP contribution in [0.4, 0.5) is 0 Å². The van der Waals surface area contributed by atoms with Gasteiger partial charge in [-0.3, -0.25) is 0 Å². The Labute approximate surface area is 126 Å². The van der Waals surface area contributed by atoms with Gasteiger partial charge in [0.05, 0.1) is 24.2 Å². The third-order valence-electron chi connectivity index (χ3n) is 3.56. The fraction of sp³-hybridized carbons (Fsp3) is 0.600. The lowest BCUT2D eigenvalue weighted by molar-refractivity contribution is -0.0168. The molecule has 21 heavy (non-hydrogen) atoms. The van der Waals surface area contributed by atoms with Crippen LogP contribution in [0.25, 0.3) is 0 Å². The number of piperidine rings is 1. The van der Waals surface area contributed by atoms with E-state index in [0.717, 1.165) is 12.8 Å². The molecule has 0 bridgehead atoms. The summed E-state index contributed by atoms with van der Waals surface area (Å²) >= 11 is 0. The molecule has 1 heterocycles. The fourth-order valence-electron chi connectivity index (χ4n) is 2.49. The highest BCUT2D eigenvalue weighted by Crippen LogP contribution is 2.24. The molecule has 1 fully saturated rings. The maximum atomic E-state index is 12.6. The van der Waals surface area contributed by atoms with Gasteiger partial charge in [-0.15, -0.1) is 0 Å². The molecular weight excluding hydrogens is 290 g/mol. The first-order chi connectivity index (χ1) is 9.93. The van der Waals surface area contributed by atoms with Crippen LogP contribution in [0.5, 0.6) is 5.75 Å². The summed E-state index contributed by atoms with van der Waals surface area (Å²) in [6.07, 6.45) is 1.83. The third kappa shape index (κ3) is 3.96. The maximum Gasteiger partial charge on any atom is 0.243 e. The van der Waals surface area contributed by atoms with Crippen molar-refractivity contribution in [3.8, 4) is 5.75 Å². The van der Waals surface area contributed by atoms with E-state index in [0.29, 0.717) is 23.7 Å². The monoisotopic (exact) mass is 313 g/mol. The lowest BCUT2D eigenvalue weighted by Gasteiger charge is -2.32. The molecule has 0 radical (unpaired) electrons. The summed E-state index contributed by atoms with van der Waals surface area (Å²) in [6.45, 7) is 5.01. The van der Waals surface area contributed by atoms with Crippen LogP contribution in [0.3, 0.4) is 0 Å². The van der Waals surface area contributed by atoms with Crippen LogP contribution in [-0.4, -0.2) is 45.1 Å². The predicted octanol–water partition coefficient (Wildman–Crippen LogP) is 2.27. The second-order valence-corrected chi connectivity index (χ2v) is 7.40. The van der Waals surface area contributed by atoms with Crippen molar-refractivity contribution in [2.45, 2.75) is 43.8 Å². The molecule has 0 amide bonds. The van der Waals surface area contributed by atoms with Crippen molar-refractivity contribution in [2.75, 3.05) is 20.2 Å². The molecule has 2 rings (SSSR count).